The van der Waals surface area contributed by atoms with Crippen LogP contribution in [0.2, 0.25) is 0 Å². The zero-order chi connectivity index (χ0) is 7.84. The number of nitrogens with zero attached hydrogens (tertiary/aromatic N) is 1. The Morgan fingerprint density at radius 2 is 2.55 bits per heavy atom. The molecule has 0 fully saturated rings. The molecule has 2 nitrogen and oxygen atoms in total. The van der Waals surface area contributed by atoms with E-state index in [-0.39, 0.29) is 0 Å². The van der Waals surface area contributed by atoms with Gasteiger partial charge >= 0.3 is 0 Å². The summed E-state index contributed by atoms with van der Waals surface area (Å²) in [5.74, 6) is 0.404. The molecule has 0 amide bonds. The van der Waals surface area contributed by atoms with E-state index in [0.29, 0.717) is 11.0 Å². The van der Waals surface area contributed by atoms with Gasteiger partial charge in [-0.2, -0.15) is 4.57 Å². The maximum absolute atomic E-state index is 9.41. The molecule has 11 heavy (non-hydrogen) atoms. The number of pyridine rings is 1. The Morgan fingerprint density at radius 1 is 1.73 bits per heavy atom. The molecule has 0 saturated carbocycles. The molecule has 0 saturated heterocycles. The van der Waals surface area contributed by atoms with Crippen LogP contribution in [-0.4, -0.2) is 10.4 Å². The lowest BCUT2D eigenvalue weighted by Crippen LogP contribution is -2.33. The average Bonchev–Trinajstić information content (AvgIpc) is 2.31. The molecule has 0 spiro atoms. The lowest BCUT2D eigenvalue weighted by molar-refractivity contribution is -0.726. The molecule has 1 aromatic rings. The summed E-state index contributed by atoms with van der Waals surface area (Å²) in [7, 11) is 0. The van der Waals surface area contributed by atoms with Crippen LogP contribution in [0.1, 0.15) is 6.92 Å². The first-order valence-corrected chi connectivity index (χ1v) is 4.53. The lowest BCUT2D eigenvalue weighted by Gasteiger charge is -1.91. The van der Waals surface area contributed by atoms with Crippen molar-refractivity contribution in [3.63, 3.8) is 0 Å². The van der Waals surface area contributed by atoms with Gasteiger partial charge in [0.2, 0.25) is 0 Å². The van der Waals surface area contributed by atoms with E-state index in [9.17, 15) is 5.11 Å². The van der Waals surface area contributed by atoms with Crippen molar-refractivity contribution >= 4 is 11.8 Å². The van der Waals surface area contributed by atoms with Crippen molar-refractivity contribution in [2.24, 2.45) is 0 Å². The summed E-state index contributed by atoms with van der Waals surface area (Å²) < 4.78 is 2.09. The third-order valence-electron chi connectivity index (χ3n) is 1.77. The van der Waals surface area contributed by atoms with Crippen molar-refractivity contribution in [3.05, 3.63) is 18.3 Å². The molecule has 1 aromatic heterocycles. The summed E-state index contributed by atoms with van der Waals surface area (Å²) in [5.41, 5.74) is 0. The molecule has 58 valence electrons. The van der Waals surface area contributed by atoms with E-state index in [2.05, 4.69) is 11.5 Å². The van der Waals surface area contributed by atoms with E-state index in [1.165, 1.54) is 0 Å². The molecule has 2 rings (SSSR count). The zero-order valence-corrected chi connectivity index (χ0v) is 7.14. The summed E-state index contributed by atoms with van der Waals surface area (Å²) in [6, 6.07) is 3.61. The Hall–Kier alpha value is -0.700. The highest BCUT2D eigenvalue weighted by atomic mass is 32.2. The summed E-state index contributed by atoms with van der Waals surface area (Å²) in [5, 5.41) is 11.0. The molecule has 1 unspecified atom stereocenters. The second-order valence-corrected chi connectivity index (χ2v) is 4.21. The first-order valence-electron chi connectivity index (χ1n) is 3.65. The number of hydrogen-bond donors (Lipinski definition) is 1. The summed E-state index contributed by atoms with van der Waals surface area (Å²) in [6.07, 6.45) is 2.01. The quantitative estimate of drug-likeness (QED) is 0.588. The van der Waals surface area contributed by atoms with Gasteiger partial charge in [0.25, 0.3) is 5.03 Å². The Labute approximate surface area is 69.9 Å². The van der Waals surface area contributed by atoms with Crippen LogP contribution in [0.3, 0.4) is 0 Å². The molecule has 0 radical (unpaired) electrons. The van der Waals surface area contributed by atoms with E-state index >= 15 is 0 Å². The smallest absolute Gasteiger partial charge is 0.282 e. The lowest BCUT2D eigenvalue weighted by atomic mass is 10.4. The van der Waals surface area contributed by atoms with Crippen LogP contribution >= 0.6 is 11.8 Å². The highest BCUT2D eigenvalue weighted by molar-refractivity contribution is 7.99. The monoisotopic (exact) mass is 168 g/mol. The third kappa shape index (κ3) is 1.09. The van der Waals surface area contributed by atoms with Crippen LogP contribution < -0.4 is 4.57 Å². The second kappa shape index (κ2) is 2.41. The van der Waals surface area contributed by atoms with Crippen molar-refractivity contribution in [2.45, 2.75) is 23.7 Å². The fourth-order valence-corrected chi connectivity index (χ4v) is 2.38. The van der Waals surface area contributed by atoms with Crippen LogP contribution in [0.5, 0.6) is 5.75 Å². The number of hydrogen-bond acceptors (Lipinski definition) is 2. The number of fused-ring (bicyclic) bond motifs is 1. The van der Waals surface area contributed by atoms with E-state index in [4.69, 9.17) is 0 Å². The standard InChI is InChI=1S/C8H9NOS/c1-6-5-9-4-2-3-7(10)8(9)11-6/h2-4,6H,5H2,1H3/p+1. The van der Waals surface area contributed by atoms with Crippen LogP contribution in [0.4, 0.5) is 0 Å². The van der Waals surface area contributed by atoms with Crippen molar-refractivity contribution in [1.82, 2.24) is 0 Å². The number of rotatable bonds is 0. The fraction of sp³-hybridized carbons (Fsp3) is 0.375. The van der Waals surface area contributed by atoms with Gasteiger partial charge in [-0.05, 0) is 24.8 Å². The highest BCUT2D eigenvalue weighted by Crippen LogP contribution is 2.32. The van der Waals surface area contributed by atoms with Gasteiger partial charge in [-0.25, -0.2) is 0 Å². The van der Waals surface area contributed by atoms with Crippen LogP contribution in [0, 0.1) is 0 Å². The first-order chi connectivity index (χ1) is 5.27. The summed E-state index contributed by atoms with van der Waals surface area (Å²) in [4.78, 5) is 0. The predicted octanol–water partition coefficient (Wildman–Crippen LogP) is 1.17. The molecule has 2 heterocycles. The van der Waals surface area contributed by atoms with Gasteiger partial charge in [0, 0.05) is 6.07 Å². The van der Waals surface area contributed by atoms with Gasteiger partial charge in [0.15, 0.2) is 18.5 Å². The highest BCUT2D eigenvalue weighted by Gasteiger charge is 2.28. The maximum atomic E-state index is 9.41. The maximum Gasteiger partial charge on any atom is 0.282 e. The minimum atomic E-state index is 0.404. The Morgan fingerprint density at radius 3 is 3.27 bits per heavy atom. The van der Waals surface area contributed by atoms with E-state index in [1.54, 1.807) is 17.8 Å². The van der Waals surface area contributed by atoms with Gasteiger partial charge in [-0.15, -0.1) is 0 Å². The van der Waals surface area contributed by atoms with Gasteiger partial charge in [-0.3, -0.25) is 0 Å². The zero-order valence-electron chi connectivity index (χ0n) is 6.32. The number of thioether (sulfide) groups is 1. The first kappa shape index (κ1) is 6.98. The largest absolute Gasteiger partial charge is 0.502 e. The van der Waals surface area contributed by atoms with E-state index in [1.807, 2.05) is 12.3 Å². The summed E-state index contributed by atoms with van der Waals surface area (Å²) in [6.45, 7) is 3.17. The summed E-state index contributed by atoms with van der Waals surface area (Å²) >= 11 is 1.73. The predicted molar refractivity (Wildman–Crippen MR) is 43.6 cm³/mol. The molecule has 1 N–H and O–H groups in total. The molecular weight excluding hydrogens is 158 g/mol. The van der Waals surface area contributed by atoms with Gasteiger partial charge in [-0.1, -0.05) is 0 Å². The number of aromatic hydroxyl groups is 1. The molecule has 1 atom stereocenters. The molecule has 0 aromatic carbocycles. The van der Waals surface area contributed by atoms with Crippen LogP contribution in [0.25, 0.3) is 0 Å². The Kier molecular flexibility index (Phi) is 1.53. The van der Waals surface area contributed by atoms with E-state index in [0.717, 1.165) is 11.6 Å². The normalized spacial score (nSPS) is 21.7. The topological polar surface area (TPSA) is 24.1 Å². The average molecular weight is 168 g/mol. The molecule has 1 aliphatic heterocycles. The minimum Gasteiger partial charge on any atom is -0.502 e. The fourth-order valence-electron chi connectivity index (χ4n) is 1.30. The molecular formula is C8H10NOS+. The van der Waals surface area contributed by atoms with Crippen LogP contribution in [0.15, 0.2) is 23.4 Å². The SMILES string of the molecule is CC1C[n+]2cccc(O)c2S1. The van der Waals surface area contributed by atoms with Crippen molar-refractivity contribution in [1.29, 1.82) is 0 Å². The Bertz CT molecular complexity index is 287. The molecule has 0 bridgehead atoms. The third-order valence-corrected chi connectivity index (χ3v) is 2.99. The minimum absolute atomic E-state index is 0.404. The van der Waals surface area contributed by atoms with E-state index < -0.39 is 0 Å². The van der Waals surface area contributed by atoms with Crippen molar-refractivity contribution in [2.75, 3.05) is 0 Å². The Balaban J connectivity index is 2.49. The molecule has 0 aliphatic carbocycles. The van der Waals surface area contributed by atoms with Gasteiger partial charge < -0.3 is 5.11 Å². The van der Waals surface area contributed by atoms with Crippen molar-refractivity contribution in [3.8, 4) is 5.75 Å². The number of aromatic nitrogens is 1. The molecule has 1 aliphatic rings. The second-order valence-electron chi connectivity index (χ2n) is 2.78. The molecule has 3 heteroatoms. The van der Waals surface area contributed by atoms with Crippen LogP contribution in [-0.2, 0) is 6.54 Å². The van der Waals surface area contributed by atoms with Gasteiger partial charge in [0.05, 0.1) is 5.25 Å². The van der Waals surface area contributed by atoms with Crippen molar-refractivity contribution < 1.29 is 9.67 Å². The van der Waals surface area contributed by atoms with Gasteiger partial charge in [0.1, 0.15) is 0 Å².